The van der Waals surface area contributed by atoms with Crippen LogP contribution in [0.4, 0.5) is 20.6 Å². The van der Waals surface area contributed by atoms with E-state index >= 15 is 0 Å². The number of hydrogen-bond donors (Lipinski definition) is 3. The van der Waals surface area contributed by atoms with Gasteiger partial charge in [0, 0.05) is 28.9 Å². The van der Waals surface area contributed by atoms with Crippen molar-refractivity contribution in [3.63, 3.8) is 0 Å². The second kappa shape index (κ2) is 7.85. The van der Waals surface area contributed by atoms with Crippen molar-refractivity contribution in [1.82, 2.24) is 4.98 Å². The zero-order valence-corrected chi connectivity index (χ0v) is 15.1. The second-order valence-corrected chi connectivity index (χ2v) is 6.24. The normalized spacial score (nSPS) is 10.5. The summed E-state index contributed by atoms with van der Waals surface area (Å²) in [6.45, 7) is 0. The summed E-state index contributed by atoms with van der Waals surface area (Å²) in [5.41, 5.74) is 1.67. The monoisotopic (exact) mass is 389 g/mol. The minimum atomic E-state index is -0.443. The Balaban J connectivity index is 1.40. The van der Waals surface area contributed by atoms with Crippen LogP contribution in [0, 0.1) is 5.82 Å². The van der Waals surface area contributed by atoms with Crippen LogP contribution in [-0.2, 0) is 0 Å². The number of fused-ring (bicyclic) bond motifs is 1. The first-order valence-corrected chi connectivity index (χ1v) is 8.76. The van der Waals surface area contributed by atoms with Gasteiger partial charge in [-0.25, -0.2) is 14.2 Å². The summed E-state index contributed by atoms with van der Waals surface area (Å²) in [6, 6.07) is 20.3. The molecule has 7 heteroatoms. The number of aromatic nitrogens is 1. The molecule has 2 amide bonds. The molecule has 6 nitrogen and oxygen atoms in total. The standard InChI is InChI=1S/C22H16FN3O3/c23-15-3-5-16(6-4-15)24-22(28)25-17-7-10-19(11-8-17)29-21-12-2-14-1-9-18(27)13-20(14)26-21/h1-13,27H,(H2,24,25,28). The first-order chi connectivity index (χ1) is 14.0. The number of phenolic OH excluding ortho intramolecular Hbond substituents is 1. The minimum absolute atomic E-state index is 0.136. The zero-order valence-electron chi connectivity index (χ0n) is 15.1. The largest absolute Gasteiger partial charge is 0.508 e. The van der Waals surface area contributed by atoms with Gasteiger partial charge in [0.05, 0.1) is 5.52 Å². The molecule has 144 valence electrons. The van der Waals surface area contributed by atoms with E-state index in [0.717, 1.165) is 5.39 Å². The zero-order chi connectivity index (χ0) is 20.2. The van der Waals surface area contributed by atoms with Crippen molar-refractivity contribution >= 4 is 28.3 Å². The van der Waals surface area contributed by atoms with Gasteiger partial charge in [-0.15, -0.1) is 0 Å². The molecule has 0 unspecified atom stereocenters. The molecule has 0 radical (unpaired) electrons. The van der Waals surface area contributed by atoms with E-state index < -0.39 is 6.03 Å². The van der Waals surface area contributed by atoms with E-state index in [1.165, 1.54) is 24.3 Å². The average molecular weight is 389 g/mol. The van der Waals surface area contributed by atoms with Crippen LogP contribution in [0.15, 0.2) is 78.9 Å². The first-order valence-electron chi connectivity index (χ1n) is 8.76. The van der Waals surface area contributed by atoms with Gasteiger partial charge in [-0.1, -0.05) is 0 Å². The molecule has 0 aliphatic rings. The number of carbonyl (C=O) groups excluding carboxylic acids is 1. The third-order valence-corrected chi connectivity index (χ3v) is 4.09. The number of hydrogen-bond acceptors (Lipinski definition) is 4. The molecule has 0 saturated heterocycles. The number of ether oxygens (including phenoxy) is 1. The molecule has 3 aromatic carbocycles. The Morgan fingerprint density at radius 1 is 0.862 bits per heavy atom. The van der Waals surface area contributed by atoms with Crippen molar-refractivity contribution in [3.8, 4) is 17.4 Å². The number of benzene rings is 3. The summed E-state index contributed by atoms with van der Waals surface area (Å²) in [4.78, 5) is 16.4. The van der Waals surface area contributed by atoms with E-state index in [4.69, 9.17) is 4.74 Å². The molecule has 1 aromatic heterocycles. The molecule has 3 N–H and O–H groups in total. The topological polar surface area (TPSA) is 83.5 Å². The number of amides is 2. The Labute approximate surface area is 165 Å². The number of carbonyl (C=O) groups is 1. The van der Waals surface area contributed by atoms with Crippen molar-refractivity contribution in [2.24, 2.45) is 0 Å². The van der Waals surface area contributed by atoms with Gasteiger partial charge in [0.1, 0.15) is 17.3 Å². The Morgan fingerprint density at radius 2 is 1.48 bits per heavy atom. The first kappa shape index (κ1) is 18.2. The van der Waals surface area contributed by atoms with Crippen LogP contribution in [-0.4, -0.2) is 16.1 Å². The van der Waals surface area contributed by atoms with Gasteiger partial charge >= 0.3 is 6.03 Å². The van der Waals surface area contributed by atoms with Crippen molar-refractivity contribution in [2.45, 2.75) is 0 Å². The fourth-order valence-electron chi connectivity index (χ4n) is 2.70. The van der Waals surface area contributed by atoms with Crippen molar-refractivity contribution < 1.29 is 19.0 Å². The number of urea groups is 1. The quantitative estimate of drug-likeness (QED) is 0.429. The average Bonchev–Trinajstić information content (AvgIpc) is 2.71. The number of nitrogens with one attached hydrogen (secondary N) is 2. The highest BCUT2D eigenvalue weighted by atomic mass is 19.1. The number of nitrogens with zero attached hydrogens (tertiary/aromatic N) is 1. The summed E-state index contributed by atoms with van der Waals surface area (Å²) >= 11 is 0. The van der Waals surface area contributed by atoms with Gasteiger partial charge in [-0.05, 0) is 66.7 Å². The highest BCUT2D eigenvalue weighted by Crippen LogP contribution is 2.25. The Morgan fingerprint density at radius 3 is 2.17 bits per heavy atom. The lowest BCUT2D eigenvalue weighted by atomic mass is 10.2. The van der Waals surface area contributed by atoms with E-state index in [1.807, 2.05) is 6.07 Å². The van der Waals surface area contributed by atoms with Crippen molar-refractivity contribution in [1.29, 1.82) is 0 Å². The smallest absolute Gasteiger partial charge is 0.323 e. The summed E-state index contributed by atoms with van der Waals surface area (Å²) in [5, 5.41) is 15.8. The molecule has 0 saturated carbocycles. The Hall–Kier alpha value is -4.13. The highest BCUT2D eigenvalue weighted by molar-refractivity contribution is 5.99. The molecule has 0 bridgehead atoms. The summed E-state index contributed by atoms with van der Waals surface area (Å²) in [7, 11) is 0. The van der Waals surface area contributed by atoms with Crippen LogP contribution < -0.4 is 15.4 Å². The minimum Gasteiger partial charge on any atom is -0.508 e. The molecule has 0 aliphatic heterocycles. The van der Waals surface area contributed by atoms with E-state index in [-0.39, 0.29) is 11.6 Å². The van der Waals surface area contributed by atoms with Gasteiger partial charge in [0.25, 0.3) is 0 Å². The lowest BCUT2D eigenvalue weighted by molar-refractivity contribution is 0.262. The van der Waals surface area contributed by atoms with Crippen LogP contribution in [0.2, 0.25) is 0 Å². The lowest BCUT2D eigenvalue weighted by Gasteiger charge is -2.09. The van der Waals surface area contributed by atoms with Crippen LogP contribution in [0.5, 0.6) is 17.4 Å². The molecule has 0 aliphatic carbocycles. The highest BCUT2D eigenvalue weighted by Gasteiger charge is 2.05. The molecule has 1 heterocycles. The summed E-state index contributed by atoms with van der Waals surface area (Å²) < 4.78 is 18.6. The third kappa shape index (κ3) is 4.59. The van der Waals surface area contributed by atoms with Gasteiger partial charge in [-0.3, -0.25) is 0 Å². The van der Waals surface area contributed by atoms with Crippen LogP contribution in [0.25, 0.3) is 10.9 Å². The molecule has 0 spiro atoms. The molecule has 0 atom stereocenters. The maximum absolute atomic E-state index is 12.9. The number of halogens is 1. The fraction of sp³-hybridized carbons (Fsp3) is 0. The number of anilines is 2. The van der Waals surface area contributed by atoms with Crippen molar-refractivity contribution in [3.05, 3.63) is 84.7 Å². The predicted octanol–water partition coefficient (Wildman–Crippen LogP) is 5.52. The SMILES string of the molecule is O=C(Nc1ccc(F)cc1)Nc1ccc(Oc2ccc3ccc(O)cc3n2)cc1. The van der Waals surface area contributed by atoms with Crippen molar-refractivity contribution in [2.75, 3.05) is 10.6 Å². The molecular weight excluding hydrogens is 373 g/mol. The number of pyridine rings is 1. The Bertz CT molecular complexity index is 1160. The maximum atomic E-state index is 12.9. The van der Waals surface area contributed by atoms with E-state index in [2.05, 4.69) is 15.6 Å². The van der Waals surface area contributed by atoms with Crippen LogP contribution in [0.1, 0.15) is 0 Å². The Kier molecular flexibility index (Phi) is 4.94. The van der Waals surface area contributed by atoms with Crippen LogP contribution in [0.3, 0.4) is 0 Å². The summed E-state index contributed by atoms with van der Waals surface area (Å²) in [6.07, 6.45) is 0. The third-order valence-electron chi connectivity index (χ3n) is 4.09. The van der Waals surface area contributed by atoms with Crippen LogP contribution >= 0.6 is 0 Å². The molecule has 4 aromatic rings. The van der Waals surface area contributed by atoms with E-state index in [9.17, 15) is 14.3 Å². The van der Waals surface area contributed by atoms with E-state index in [1.54, 1.807) is 48.5 Å². The second-order valence-electron chi connectivity index (χ2n) is 6.24. The molecular formula is C22H16FN3O3. The lowest BCUT2D eigenvalue weighted by Crippen LogP contribution is -2.19. The number of aromatic hydroxyl groups is 1. The molecule has 29 heavy (non-hydrogen) atoms. The van der Waals surface area contributed by atoms with Gasteiger partial charge in [0.15, 0.2) is 0 Å². The molecule has 0 fully saturated rings. The van der Waals surface area contributed by atoms with Gasteiger partial charge < -0.3 is 20.5 Å². The fourth-order valence-corrected chi connectivity index (χ4v) is 2.70. The number of rotatable bonds is 4. The van der Waals surface area contributed by atoms with Gasteiger partial charge in [0.2, 0.25) is 5.88 Å². The summed E-state index contributed by atoms with van der Waals surface area (Å²) in [5.74, 6) is 0.695. The number of phenols is 1. The molecule has 4 rings (SSSR count). The maximum Gasteiger partial charge on any atom is 0.323 e. The van der Waals surface area contributed by atoms with Gasteiger partial charge in [-0.2, -0.15) is 0 Å². The predicted molar refractivity (Wildman–Crippen MR) is 109 cm³/mol. The van der Waals surface area contributed by atoms with E-state index in [0.29, 0.717) is 28.5 Å².